The van der Waals surface area contributed by atoms with Crippen LogP contribution in [0.1, 0.15) is 44.2 Å². The first-order valence-electron chi connectivity index (χ1n) is 8.19. The van der Waals surface area contributed by atoms with Crippen molar-refractivity contribution in [2.24, 2.45) is 0 Å². The smallest absolute Gasteiger partial charge is 0.0564 e. The third-order valence-electron chi connectivity index (χ3n) is 4.35. The number of halogens is 2. The van der Waals surface area contributed by atoms with Crippen LogP contribution in [-0.4, -0.2) is 42.3 Å². The summed E-state index contributed by atoms with van der Waals surface area (Å²) in [5.74, 6) is 0. The first kappa shape index (κ1) is 18.0. The molecular formula is C17H26Cl2N2O. The number of aliphatic hydroxyl groups excluding tert-OH is 1. The lowest BCUT2D eigenvalue weighted by Crippen LogP contribution is -2.37. The Morgan fingerprint density at radius 3 is 2.68 bits per heavy atom. The van der Waals surface area contributed by atoms with Crippen LogP contribution in [0, 0.1) is 0 Å². The number of rotatable bonds is 7. The number of hydrogen-bond donors (Lipinski definition) is 2. The number of aliphatic hydroxyl groups is 1. The van der Waals surface area contributed by atoms with Crippen molar-refractivity contribution in [3.63, 3.8) is 0 Å². The lowest BCUT2D eigenvalue weighted by atomic mass is 10.0. The van der Waals surface area contributed by atoms with Gasteiger partial charge in [0, 0.05) is 29.2 Å². The van der Waals surface area contributed by atoms with Crippen LogP contribution in [0.5, 0.6) is 0 Å². The molecule has 2 N–H and O–H groups in total. The second kappa shape index (κ2) is 9.09. The lowest BCUT2D eigenvalue weighted by Gasteiger charge is -2.29. The number of nitrogens with one attached hydrogen (secondary N) is 1. The Morgan fingerprint density at radius 2 is 2.05 bits per heavy atom. The maximum Gasteiger partial charge on any atom is 0.0564 e. The van der Waals surface area contributed by atoms with E-state index in [1.807, 2.05) is 18.2 Å². The van der Waals surface area contributed by atoms with E-state index in [0.717, 1.165) is 62.4 Å². The van der Waals surface area contributed by atoms with E-state index in [1.54, 1.807) is 0 Å². The summed E-state index contributed by atoms with van der Waals surface area (Å²) in [5.41, 5.74) is 1.12. The molecule has 1 aromatic carbocycles. The van der Waals surface area contributed by atoms with Crippen molar-refractivity contribution in [1.29, 1.82) is 0 Å². The van der Waals surface area contributed by atoms with Crippen molar-refractivity contribution in [2.45, 2.75) is 44.8 Å². The average Bonchev–Trinajstić information content (AvgIpc) is 2.50. The van der Waals surface area contributed by atoms with E-state index < -0.39 is 0 Å². The Balaban J connectivity index is 1.74. The summed E-state index contributed by atoms with van der Waals surface area (Å²) in [5, 5.41) is 14.5. The lowest BCUT2D eigenvalue weighted by molar-refractivity contribution is 0.0820. The largest absolute Gasteiger partial charge is 0.393 e. The molecule has 1 aliphatic heterocycles. The molecule has 1 unspecified atom stereocenters. The highest BCUT2D eigenvalue weighted by atomic mass is 35.5. The molecule has 1 saturated heterocycles. The van der Waals surface area contributed by atoms with Gasteiger partial charge in [0.2, 0.25) is 0 Å². The predicted octanol–water partition coefficient (Wildman–Crippen LogP) is 3.88. The summed E-state index contributed by atoms with van der Waals surface area (Å²) >= 11 is 12.3. The van der Waals surface area contributed by atoms with Gasteiger partial charge in [-0.2, -0.15) is 0 Å². The van der Waals surface area contributed by atoms with Gasteiger partial charge in [0.05, 0.1) is 6.10 Å². The van der Waals surface area contributed by atoms with E-state index in [1.165, 1.54) is 0 Å². The minimum absolute atomic E-state index is 0.0918. The summed E-state index contributed by atoms with van der Waals surface area (Å²) in [6.07, 6.45) is 3.83. The summed E-state index contributed by atoms with van der Waals surface area (Å²) in [6.45, 7) is 6.25. The van der Waals surface area contributed by atoms with E-state index in [4.69, 9.17) is 23.2 Å². The van der Waals surface area contributed by atoms with Crippen molar-refractivity contribution < 1.29 is 5.11 Å². The summed E-state index contributed by atoms with van der Waals surface area (Å²) in [4.78, 5) is 2.44. The second-order valence-corrected chi connectivity index (χ2v) is 6.85. The van der Waals surface area contributed by atoms with E-state index >= 15 is 0 Å². The Labute approximate surface area is 143 Å². The Morgan fingerprint density at radius 1 is 1.32 bits per heavy atom. The van der Waals surface area contributed by atoms with Crippen molar-refractivity contribution >= 4 is 23.2 Å². The van der Waals surface area contributed by atoms with Gasteiger partial charge in [-0.05, 0) is 56.5 Å². The molecule has 0 saturated carbocycles. The molecule has 0 bridgehead atoms. The molecule has 2 rings (SSSR count). The zero-order valence-corrected chi connectivity index (χ0v) is 14.7. The van der Waals surface area contributed by atoms with Gasteiger partial charge in [-0.25, -0.2) is 0 Å². The van der Waals surface area contributed by atoms with Crippen molar-refractivity contribution in [3.05, 3.63) is 33.8 Å². The molecular weight excluding hydrogens is 319 g/mol. The van der Waals surface area contributed by atoms with Crippen LogP contribution in [0.3, 0.4) is 0 Å². The van der Waals surface area contributed by atoms with E-state index in [2.05, 4.69) is 17.1 Å². The molecule has 1 atom stereocenters. The van der Waals surface area contributed by atoms with Crippen LogP contribution in [0.4, 0.5) is 0 Å². The highest BCUT2D eigenvalue weighted by Crippen LogP contribution is 2.27. The summed E-state index contributed by atoms with van der Waals surface area (Å²) < 4.78 is 0. The molecule has 0 aliphatic carbocycles. The normalized spacial score (nSPS) is 18.5. The molecule has 5 heteroatoms. The molecule has 1 aliphatic rings. The molecule has 0 spiro atoms. The number of hydrogen-bond acceptors (Lipinski definition) is 3. The van der Waals surface area contributed by atoms with Crippen LogP contribution in [0.25, 0.3) is 0 Å². The van der Waals surface area contributed by atoms with Gasteiger partial charge in [-0.15, -0.1) is 0 Å². The Kier molecular flexibility index (Phi) is 7.45. The maximum atomic E-state index is 9.51. The molecule has 124 valence electrons. The molecule has 0 radical (unpaired) electrons. The van der Waals surface area contributed by atoms with Gasteiger partial charge in [0.15, 0.2) is 0 Å². The van der Waals surface area contributed by atoms with Crippen LogP contribution < -0.4 is 5.32 Å². The highest BCUT2D eigenvalue weighted by molar-refractivity contribution is 6.35. The summed E-state index contributed by atoms with van der Waals surface area (Å²) in [7, 11) is 0. The molecule has 0 aromatic heterocycles. The van der Waals surface area contributed by atoms with Gasteiger partial charge in [0.25, 0.3) is 0 Å². The monoisotopic (exact) mass is 344 g/mol. The first-order chi connectivity index (χ1) is 10.6. The fraction of sp³-hybridized carbons (Fsp3) is 0.647. The Hall–Kier alpha value is -0.320. The molecule has 0 amide bonds. The Bertz CT molecular complexity index is 462. The van der Waals surface area contributed by atoms with E-state index in [0.29, 0.717) is 5.02 Å². The van der Waals surface area contributed by atoms with Crippen LogP contribution >= 0.6 is 23.2 Å². The minimum Gasteiger partial charge on any atom is -0.393 e. The topological polar surface area (TPSA) is 35.5 Å². The van der Waals surface area contributed by atoms with Crippen molar-refractivity contribution in [2.75, 3.05) is 26.2 Å². The zero-order valence-electron chi connectivity index (χ0n) is 13.2. The van der Waals surface area contributed by atoms with Gasteiger partial charge in [-0.3, -0.25) is 0 Å². The third-order valence-corrected chi connectivity index (χ3v) is 4.91. The summed E-state index contributed by atoms with van der Waals surface area (Å²) in [6, 6.07) is 5.99. The van der Waals surface area contributed by atoms with Gasteiger partial charge < -0.3 is 15.3 Å². The molecule has 1 heterocycles. The standard InChI is InChI=1S/C17H26Cl2N2O/c1-2-17(15-5-4-13(18)12-16(15)19)20-8-3-9-21-10-6-14(22)7-11-21/h4-5,12,14,17,20,22H,2-3,6-11H2,1H3. The average molecular weight is 345 g/mol. The molecule has 1 fully saturated rings. The van der Waals surface area contributed by atoms with Gasteiger partial charge in [-0.1, -0.05) is 36.2 Å². The van der Waals surface area contributed by atoms with Gasteiger partial charge >= 0.3 is 0 Å². The van der Waals surface area contributed by atoms with E-state index in [9.17, 15) is 5.11 Å². The fourth-order valence-electron chi connectivity index (χ4n) is 2.98. The van der Waals surface area contributed by atoms with E-state index in [-0.39, 0.29) is 12.1 Å². The second-order valence-electron chi connectivity index (χ2n) is 6.01. The zero-order chi connectivity index (χ0) is 15.9. The number of nitrogens with zero attached hydrogens (tertiary/aromatic N) is 1. The number of benzene rings is 1. The highest BCUT2D eigenvalue weighted by Gasteiger charge is 2.17. The quantitative estimate of drug-likeness (QED) is 0.736. The SMILES string of the molecule is CCC(NCCCN1CCC(O)CC1)c1ccc(Cl)cc1Cl. The minimum atomic E-state index is -0.0918. The van der Waals surface area contributed by atoms with Crippen molar-refractivity contribution in [3.8, 4) is 0 Å². The molecule has 1 aromatic rings. The predicted molar refractivity (Wildman–Crippen MR) is 93.8 cm³/mol. The van der Waals surface area contributed by atoms with Crippen LogP contribution in [0.15, 0.2) is 18.2 Å². The number of likely N-dealkylation sites (tertiary alicyclic amines) is 1. The van der Waals surface area contributed by atoms with Gasteiger partial charge in [0.1, 0.15) is 0 Å². The van der Waals surface area contributed by atoms with Crippen molar-refractivity contribution in [1.82, 2.24) is 10.2 Å². The third kappa shape index (κ3) is 5.39. The van der Waals surface area contributed by atoms with Crippen LogP contribution in [0.2, 0.25) is 10.0 Å². The van der Waals surface area contributed by atoms with Crippen LogP contribution in [-0.2, 0) is 0 Å². The maximum absolute atomic E-state index is 9.51. The molecule has 3 nitrogen and oxygen atoms in total. The fourth-order valence-corrected chi connectivity index (χ4v) is 3.52. The molecule has 22 heavy (non-hydrogen) atoms. The first-order valence-corrected chi connectivity index (χ1v) is 8.94. The number of piperidine rings is 1.